The first kappa shape index (κ1) is 11.8. The minimum atomic E-state index is -0.423. The van der Waals surface area contributed by atoms with Crippen molar-refractivity contribution in [1.82, 2.24) is 10.3 Å². The van der Waals surface area contributed by atoms with E-state index in [9.17, 15) is 5.11 Å². The predicted octanol–water partition coefficient (Wildman–Crippen LogP) is 2.51. The second-order valence-electron chi connectivity index (χ2n) is 5.50. The molecule has 2 atom stereocenters. The third-order valence-electron chi connectivity index (χ3n) is 3.79. The third-order valence-corrected chi connectivity index (χ3v) is 3.79. The van der Waals surface area contributed by atoms with Crippen LogP contribution in [0, 0.1) is 0 Å². The standard InChI is InChI=1S/C15H20N2O/c1-9(2)17-13-7-6-10-8-16-12-5-3-4-11(14(10)12)15(13)18/h3-5,8-9,13,15-18H,6-7H2,1-2H3/t13-,15-/m0/s1. The smallest absolute Gasteiger partial charge is 0.0949 e. The molecule has 18 heavy (non-hydrogen) atoms. The van der Waals surface area contributed by atoms with E-state index < -0.39 is 6.10 Å². The highest BCUT2D eigenvalue weighted by molar-refractivity contribution is 5.87. The molecule has 1 aromatic carbocycles. The number of H-pyrrole nitrogens is 1. The number of aliphatic hydroxyl groups is 1. The molecule has 0 fully saturated rings. The number of nitrogens with one attached hydrogen (secondary N) is 2. The van der Waals surface area contributed by atoms with E-state index in [0.717, 1.165) is 23.9 Å². The highest BCUT2D eigenvalue weighted by atomic mass is 16.3. The molecule has 0 spiro atoms. The van der Waals surface area contributed by atoms with Gasteiger partial charge >= 0.3 is 0 Å². The highest BCUT2D eigenvalue weighted by Crippen LogP contribution is 2.34. The summed E-state index contributed by atoms with van der Waals surface area (Å²) < 4.78 is 0. The van der Waals surface area contributed by atoms with E-state index in [-0.39, 0.29) is 6.04 Å². The second-order valence-corrected chi connectivity index (χ2v) is 5.50. The van der Waals surface area contributed by atoms with Crippen LogP contribution in [0.4, 0.5) is 0 Å². The lowest BCUT2D eigenvalue weighted by atomic mass is 9.99. The fourth-order valence-electron chi connectivity index (χ4n) is 3.02. The Morgan fingerprint density at radius 2 is 2.22 bits per heavy atom. The number of aryl methyl sites for hydroxylation is 1. The van der Waals surface area contributed by atoms with Crippen molar-refractivity contribution >= 4 is 10.9 Å². The Morgan fingerprint density at radius 3 is 3.00 bits per heavy atom. The van der Waals surface area contributed by atoms with E-state index in [0.29, 0.717) is 6.04 Å². The third kappa shape index (κ3) is 1.84. The lowest BCUT2D eigenvalue weighted by Gasteiger charge is -2.25. The van der Waals surface area contributed by atoms with Gasteiger partial charge in [0.15, 0.2) is 0 Å². The van der Waals surface area contributed by atoms with Crippen LogP contribution in [0.2, 0.25) is 0 Å². The molecule has 3 nitrogen and oxygen atoms in total. The molecule has 0 unspecified atom stereocenters. The normalized spacial score (nSPS) is 23.6. The largest absolute Gasteiger partial charge is 0.387 e. The topological polar surface area (TPSA) is 48.0 Å². The predicted molar refractivity (Wildman–Crippen MR) is 73.6 cm³/mol. The molecule has 1 aromatic heterocycles. The molecule has 0 amide bonds. The molecule has 0 radical (unpaired) electrons. The molecule has 96 valence electrons. The summed E-state index contributed by atoms with van der Waals surface area (Å²) in [6.07, 6.45) is 3.64. The van der Waals surface area contributed by atoms with Crippen LogP contribution < -0.4 is 5.32 Å². The van der Waals surface area contributed by atoms with E-state index in [1.807, 2.05) is 12.1 Å². The van der Waals surface area contributed by atoms with Crippen LogP contribution in [0.25, 0.3) is 10.9 Å². The number of aromatic nitrogens is 1. The van der Waals surface area contributed by atoms with Crippen molar-refractivity contribution in [1.29, 1.82) is 0 Å². The lowest BCUT2D eigenvalue weighted by molar-refractivity contribution is 0.122. The Hall–Kier alpha value is -1.32. The molecule has 0 saturated heterocycles. The van der Waals surface area contributed by atoms with Crippen molar-refractivity contribution in [3.05, 3.63) is 35.5 Å². The first-order valence-corrected chi connectivity index (χ1v) is 6.70. The van der Waals surface area contributed by atoms with Gasteiger partial charge in [0, 0.05) is 29.2 Å². The summed E-state index contributed by atoms with van der Waals surface area (Å²) in [5.41, 5.74) is 3.51. The summed E-state index contributed by atoms with van der Waals surface area (Å²) in [5.74, 6) is 0. The molecule has 1 aliphatic carbocycles. The maximum atomic E-state index is 10.6. The Kier molecular flexibility index (Phi) is 2.88. The van der Waals surface area contributed by atoms with Gasteiger partial charge in [-0.3, -0.25) is 0 Å². The van der Waals surface area contributed by atoms with Crippen LogP contribution in [0.3, 0.4) is 0 Å². The van der Waals surface area contributed by atoms with Crippen molar-refractivity contribution < 1.29 is 5.11 Å². The number of benzene rings is 1. The first-order valence-electron chi connectivity index (χ1n) is 6.70. The molecular weight excluding hydrogens is 224 g/mol. The fraction of sp³-hybridized carbons (Fsp3) is 0.467. The van der Waals surface area contributed by atoms with Gasteiger partial charge in [-0.2, -0.15) is 0 Å². The van der Waals surface area contributed by atoms with E-state index in [1.54, 1.807) is 0 Å². The van der Waals surface area contributed by atoms with Crippen molar-refractivity contribution in [3.8, 4) is 0 Å². The van der Waals surface area contributed by atoms with E-state index in [4.69, 9.17) is 0 Å². The minimum Gasteiger partial charge on any atom is -0.387 e. The number of rotatable bonds is 2. The zero-order chi connectivity index (χ0) is 12.7. The molecule has 3 N–H and O–H groups in total. The number of hydrogen-bond donors (Lipinski definition) is 3. The quantitative estimate of drug-likeness (QED) is 0.760. The van der Waals surface area contributed by atoms with Crippen LogP contribution in [0.1, 0.15) is 37.5 Å². The molecule has 0 saturated carbocycles. The van der Waals surface area contributed by atoms with Gasteiger partial charge in [0.1, 0.15) is 0 Å². The Bertz CT molecular complexity index is 559. The zero-order valence-corrected chi connectivity index (χ0v) is 10.9. The number of aliphatic hydroxyl groups excluding tert-OH is 1. The first-order chi connectivity index (χ1) is 8.66. The Morgan fingerprint density at radius 1 is 1.39 bits per heavy atom. The molecule has 1 heterocycles. The van der Waals surface area contributed by atoms with Crippen LogP contribution in [-0.4, -0.2) is 22.2 Å². The van der Waals surface area contributed by atoms with Gasteiger partial charge in [0.05, 0.1) is 6.10 Å². The summed E-state index contributed by atoms with van der Waals surface area (Å²) in [6.45, 7) is 4.25. The van der Waals surface area contributed by atoms with Crippen LogP contribution >= 0.6 is 0 Å². The number of aromatic amines is 1. The van der Waals surface area contributed by atoms with Crippen LogP contribution in [0.15, 0.2) is 24.4 Å². The van der Waals surface area contributed by atoms with Crippen LogP contribution in [-0.2, 0) is 6.42 Å². The minimum absolute atomic E-state index is 0.142. The van der Waals surface area contributed by atoms with Gasteiger partial charge in [-0.15, -0.1) is 0 Å². The maximum Gasteiger partial charge on any atom is 0.0949 e. The molecule has 1 aliphatic rings. The van der Waals surface area contributed by atoms with E-state index in [2.05, 4.69) is 36.4 Å². The van der Waals surface area contributed by atoms with E-state index >= 15 is 0 Å². The average molecular weight is 244 g/mol. The molecular formula is C15H20N2O. The molecule has 2 aromatic rings. The number of hydrogen-bond acceptors (Lipinski definition) is 2. The molecule has 0 bridgehead atoms. The van der Waals surface area contributed by atoms with Gasteiger partial charge in [-0.25, -0.2) is 0 Å². The lowest BCUT2D eigenvalue weighted by Crippen LogP contribution is -2.39. The molecule has 3 heteroatoms. The summed E-state index contributed by atoms with van der Waals surface area (Å²) in [4.78, 5) is 3.29. The Balaban J connectivity index is 2.06. The molecule has 0 aliphatic heterocycles. The van der Waals surface area contributed by atoms with E-state index in [1.165, 1.54) is 10.9 Å². The van der Waals surface area contributed by atoms with Crippen molar-refractivity contribution in [2.45, 2.75) is 44.9 Å². The van der Waals surface area contributed by atoms with Crippen molar-refractivity contribution in [3.63, 3.8) is 0 Å². The SMILES string of the molecule is CC(C)N[C@H]1CCc2c[nH]c3cccc(c23)[C@@H]1O. The summed E-state index contributed by atoms with van der Waals surface area (Å²) in [7, 11) is 0. The maximum absolute atomic E-state index is 10.6. The van der Waals surface area contributed by atoms with Crippen molar-refractivity contribution in [2.75, 3.05) is 0 Å². The summed E-state index contributed by atoms with van der Waals surface area (Å²) >= 11 is 0. The summed E-state index contributed by atoms with van der Waals surface area (Å²) in [6, 6.07) is 6.67. The Labute approximate surface area is 107 Å². The van der Waals surface area contributed by atoms with Crippen LogP contribution in [0.5, 0.6) is 0 Å². The highest BCUT2D eigenvalue weighted by Gasteiger charge is 2.27. The summed E-state index contributed by atoms with van der Waals surface area (Å²) in [5, 5.41) is 15.3. The second kappa shape index (κ2) is 4.41. The van der Waals surface area contributed by atoms with Gasteiger partial charge in [0.2, 0.25) is 0 Å². The van der Waals surface area contributed by atoms with Gasteiger partial charge < -0.3 is 15.4 Å². The van der Waals surface area contributed by atoms with Gasteiger partial charge in [0.25, 0.3) is 0 Å². The fourth-order valence-corrected chi connectivity index (χ4v) is 3.02. The average Bonchev–Trinajstić information content (AvgIpc) is 2.70. The van der Waals surface area contributed by atoms with Gasteiger partial charge in [-0.1, -0.05) is 26.0 Å². The van der Waals surface area contributed by atoms with Gasteiger partial charge in [-0.05, 0) is 30.0 Å². The monoisotopic (exact) mass is 244 g/mol. The van der Waals surface area contributed by atoms with Crippen molar-refractivity contribution in [2.24, 2.45) is 0 Å². The molecule has 3 rings (SSSR count). The zero-order valence-electron chi connectivity index (χ0n) is 10.9.